The highest BCUT2D eigenvalue weighted by Crippen LogP contribution is 2.22. The van der Waals surface area contributed by atoms with E-state index in [2.05, 4.69) is 48.4 Å². The summed E-state index contributed by atoms with van der Waals surface area (Å²) >= 11 is 1.75. The van der Waals surface area contributed by atoms with Gasteiger partial charge in [-0.15, -0.1) is 11.3 Å². The topological polar surface area (TPSA) is 16.1 Å². The fraction of sp³-hybridized carbons (Fsp3) is 0.357. The Morgan fingerprint density at radius 2 is 1.82 bits per heavy atom. The second kappa shape index (κ2) is 5.94. The van der Waals surface area contributed by atoms with Gasteiger partial charge in [-0.3, -0.25) is 4.90 Å². The highest BCUT2D eigenvalue weighted by molar-refractivity contribution is 7.09. The van der Waals surface area contributed by atoms with Crippen molar-refractivity contribution < 1.29 is 0 Å². The molecule has 2 nitrogen and oxygen atoms in total. The van der Waals surface area contributed by atoms with E-state index < -0.39 is 0 Å². The lowest BCUT2D eigenvalue weighted by atomic mass is 10.2. The normalized spacial score (nSPS) is 11.0. The summed E-state index contributed by atoms with van der Waals surface area (Å²) < 4.78 is 0. The zero-order valence-corrected chi connectivity index (χ0v) is 11.2. The summed E-state index contributed by atoms with van der Waals surface area (Å²) in [6, 6.07) is 10.4. The van der Waals surface area contributed by atoms with E-state index in [1.54, 1.807) is 11.3 Å². The molecule has 0 aliphatic rings. The van der Waals surface area contributed by atoms with Gasteiger partial charge < -0.3 is 0 Å². The van der Waals surface area contributed by atoms with E-state index in [0.717, 1.165) is 25.3 Å². The maximum atomic E-state index is 4.69. The number of hydrogen-bond acceptors (Lipinski definition) is 3. The molecular weight excluding hydrogens is 228 g/mol. The summed E-state index contributed by atoms with van der Waals surface area (Å²) in [7, 11) is 0. The van der Waals surface area contributed by atoms with Crippen LogP contribution in [0.25, 0.3) is 11.3 Å². The van der Waals surface area contributed by atoms with E-state index in [9.17, 15) is 0 Å². The van der Waals surface area contributed by atoms with Crippen LogP contribution in [0.4, 0.5) is 0 Å². The van der Waals surface area contributed by atoms with Crippen molar-refractivity contribution >= 4 is 11.3 Å². The van der Waals surface area contributed by atoms with E-state index >= 15 is 0 Å². The minimum atomic E-state index is 0.963. The monoisotopic (exact) mass is 246 g/mol. The molecule has 0 N–H and O–H groups in total. The zero-order chi connectivity index (χ0) is 12.1. The first-order valence-corrected chi connectivity index (χ1v) is 6.93. The smallest absolute Gasteiger partial charge is 0.107 e. The molecule has 0 bridgehead atoms. The summed E-state index contributed by atoms with van der Waals surface area (Å²) in [5, 5.41) is 3.35. The number of aromatic nitrogens is 1. The van der Waals surface area contributed by atoms with Crippen molar-refractivity contribution in [3.8, 4) is 11.3 Å². The van der Waals surface area contributed by atoms with Crippen molar-refractivity contribution in [3.05, 3.63) is 40.7 Å². The maximum absolute atomic E-state index is 4.69. The number of thiazole rings is 1. The molecule has 0 fully saturated rings. The van der Waals surface area contributed by atoms with Crippen LogP contribution < -0.4 is 0 Å². The number of hydrogen-bond donors (Lipinski definition) is 0. The molecule has 0 saturated heterocycles. The van der Waals surface area contributed by atoms with E-state index in [0.29, 0.717) is 0 Å². The number of rotatable bonds is 5. The second-order valence-corrected chi connectivity index (χ2v) is 4.90. The van der Waals surface area contributed by atoms with Crippen LogP contribution in [0.1, 0.15) is 18.9 Å². The molecular formula is C14H18N2S. The fourth-order valence-electron chi connectivity index (χ4n) is 1.76. The molecule has 2 aromatic rings. The first-order chi connectivity index (χ1) is 8.33. The van der Waals surface area contributed by atoms with E-state index in [1.165, 1.54) is 10.6 Å². The Morgan fingerprint density at radius 3 is 2.47 bits per heavy atom. The van der Waals surface area contributed by atoms with Gasteiger partial charge in [-0.05, 0) is 13.1 Å². The number of nitrogens with zero attached hydrogens (tertiary/aromatic N) is 2. The third-order valence-corrected chi connectivity index (χ3v) is 3.71. The standard InChI is InChI=1S/C14H18N2S/c1-3-16(4-2)10-14-15-13(11-17-14)12-8-6-5-7-9-12/h5-9,11H,3-4,10H2,1-2H3. The molecule has 0 aliphatic carbocycles. The molecule has 0 saturated carbocycles. The SMILES string of the molecule is CCN(CC)Cc1nc(-c2ccccc2)cs1. The largest absolute Gasteiger partial charge is 0.297 e. The quantitative estimate of drug-likeness (QED) is 0.800. The van der Waals surface area contributed by atoms with Crippen LogP contribution >= 0.6 is 11.3 Å². The molecule has 0 aliphatic heterocycles. The predicted molar refractivity (Wildman–Crippen MR) is 74.2 cm³/mol. The van der Waals surface area contributed by atoms with Crippen molar-refractivity contribution in [2.24, 2.45) is 0 Å². The molecule has 0 amide bonds. The summed E-state index contributed by atoms with van der Waals surface area (Å²) in [4.78, 5) is 7.08. The van der Waals surface area contributed by atoms with E-state index in [-0.39, 0.29) is 0 Å². The molecule has 1 aromatic carbocycles. The molecule has 0 radical (unpaired) electrons. The van der Waals surface area contributed by atoms with Crippen LogP contribution in [0.3, 0.4) is 0 Å². The summed E-state index contributed by atoms with van der Waals surface area (Å²) in [5.74, 6) is 0. The summed E-state index contributed by atoms with van der Waals surface area (Å²) in [5.41, 5.74) is 2.30. The third-order valence-electron chi connectivity index (χ3n) is 2.87. The molecule has 2 rings (SSSR count). The summed E-state index contributed by atoms with van der Waals surface area (Å²) in [6.45, 7) is 7.50. The average molecular weight is 246 g/mol. The molecule has 0 spiro atoms. The van der Waals surface area contributed by atoms with Gasteiger partial charge in [0.25, 0.3) is 0 Å². The van der Waals surface area contributed by atoms with Crippen molar-refractivity contribution in [1.29, 1.82) is 0 Å². The van der Waals surface area contributed by atoms with Crippen LogP contribution in [0.2, 0.25) is 0 Å². The Hall–Kier alpha value is -1.19. The molecule has 0 atom stereocenters. The van der Waals surface area contributed by atoms with Crippen molar-refractivity contribution in [3.63, 3.8) is 0 Å². The van der Waals surface area contributed by atoms with Gasteiger partial charge in [0.15, 0.2) is 0 Å². The first-order valence-electron chi connectivity index (χ1n) is 6.05. The highest BCUT2D eigenvalue weighted by Gasteiger charge is 2.07. The Labute approximate surface area is 107 Å². The molecule has 3 heteroatoms. The van der Waals surface area contributed by atoms with Gasteiger partial charge in [0, 0.05) is 10.9 Å². The summed E-state index contributed by atoms with van der Waals surface area (Å²) in [6.07, 6.45) is 0. The van der Waals surface area contributed by atoms with Gasteiger partial charge in [0.1, 0.15) is 5.01 Å². The van der Waals surface area contributed by atoms with Crippen molar-refractivity contribution in [2.75, 3.05) is 13.1 Å². The molecule has 0 unspecified atom stereocenters. The Bertz CT molecular complexity index is 446. The average Bonchev–Trinajstić information content (AvgIpc) is 2.85. The van der Waals surface area contributed by atoms with Gasteiger partial charge in [-0.1, -0.05) is 44.2 Å². The Kier molecular flexibility index (Phi) is 4.29. The zero-order valence-electron chi connectivity index (χ0n) is 10.4. The molecule has 1 aromatic heterocycles. The van der Waals surface area contributed by atoms with E-state index in [4.69, 9.17) is 4.98 Å². The predicted octanol–water partition coefficient (Wildman–Crippen LogP) is 3.65. The van der Waals surface area contributed by atoms with Crippen LogP contribution in [-0.2, 0) is 6.54 Å². The lowest BCUT2D eigenvalue weighted by molar-refractivity contribution is 0.295. The lowest BCUT2D eigenvalue weighted by Crippen LogP contribution is -2.21. The third kappa shape index (κ3) is 3.14. The highest BCUT2D eigenvalue weighted by atomic mass is 32.1. The minimum Gasteiger partial charge on any atom is -0.297 e. The van der Waals surface area contributed by atoms with Gasteiger partial charge >= 0.3 is 0 Å². The van der Waals surface area contributed by atoms with E-state index in [1.807, 2.05) is 6.07 Å². The van der Waals surface area contributed by atoms with Gasteiger partial charge in [0.2, 0.25) is 0 Å². The van der Waals surface area contributed by atoms with Crippen molar-refractivity contribution in [1.82, 2.24) is 9.88 Å². The van der Waals surface area contributed by atoms with Gasteiger partial charge in [-0.25, -0.2) is 4.98 Å². The molecule has 1 heterocycles. The van der Waals surface area contributed by atoms with Gasteiger partial charge in [-0.2, -0.15) is 0 Å². The van der Waals surface area contributed by atoms with Crippen LogP contribution in [0.15, 0.2) is 35.7 Å². The lowest BCUT2D eigenvalue weighted by Gasteiger charge is -2.15. The first kappa shape index (κ1) is 12.3. The second-order valence-electron chi connectivity index (χ2n) is 3.95. The molecule has 17 heavy (non-hydrogen) atoms. The fourth-order valence-corrected chi connectivity index (χ4v) is 2.61. The van der Waals surface area contributed by atoms with Crippen molar-refractivity contribution in [2.45, 2.75) is 20.4 Å². The van der Waals surface area contributed by atoms with Crippen LogP contribution in [0, 0.1) is 0 Å². The molecule has 90 valence electrons. The minimum absolute atomic E-state index is 0.963. The van der Waals surface area contributed by atoms with Gasteiger partial charge in [0.05, 0.1) is 12.2 Å². The maximum Gasteiger partial charge on any atom is 0.107 e. The van der Waals surface area contributed by atoms with Crippen LogP contribution in [0.5, 0.6) is 0 Å². The number of benzene rings is 1. The van der Waals surface area contributed by atoms with Crippen LogP contribution in [-0.4, -0.2) is 23.0 Å². The Morgan fingerprint density at radius 1 is 1.12 bits per heavy atom. The Balaban J connectivity index is 2.11.